The van der Waals surface area contributed by atoms with E-state index < -0.39 is 23.1 Å². The van der Waals surface area contributed by atoms with Crippen LogP contribution in [0.25, 0.3) is 0 Å². The number of ether oxygens (including phenoxy) is 1. The van der Waals surface area contributed by atoms with Gasteiger partial charge in [0.1, 0.15) is 5.69 Å². The quantitative estimate of drug-likeness (QED) is 0.412. The molecule has 0 amide bonds. The first-order valence-corrected chi connectivity index (χ1v) is 8.69. The van der Waals surface area contributed by atoms with Crippen LogP contribution < -0.4 is 0 Å². The van der Waals surface area contributed by atoms with Crippen molar-refractivity contribution >= 4 is 17.7 Å². The average molecular weight is 356 g/mol. The van der Waals surface area contributed by atoms with E-state index in [4.69, 9.17) is 4.74 Å². The summed E-state index contributed by atoms with van der Waals surface area (Å²) in [7, 11) is 0. The maximum atomic E-state index is 12.5. The van der Waals surface area contributed by atoms with Crippen molar-refractivity contribution < 1.29 is 19.1 Å². The first kappa shape index (κ1) is 19.6. The van der Waals surface area contributed by atoms with Gasteiger partial charge in [-0.3, -0.25) is 19.1 Å². The molecule has 2 rings (SSSR count). The fourth-order valence-corrected chi connectivity index (χ4v) is 2.34. The Morgan fingerprint density at radius 1 is 1.19 bits per heavy atom. The summed E-state index contributed by atoms with van der Waals surface area (Å²) in [4.78, 5) is 41.1. The van der Waals surface area contributed by atoms with E-state index in [1.165, 1.54) is 12.3 Å². The number of carbonyl (C=O) groups excluding carboxylic acids is 3. The van der Waals surface area contributed by atoms with E-state index in [1.807, 2.05) is 19.1 Å². The van der Waals surface area contributed by atoms with Crippen LogP contribution in [-0.2, 0) is 16.0 Å². The molecule has 0 unspecified atom stereocenters. The predicted octanol–water partition coefficient (Wildman–Crippen LogP) is 3.32. The number of rotatable bonds is 8. The van der Waals surface area contributed by atoms with Crippen LogP contribution in [0.4, 0.5) is 0 Å². The molecule has 0 aliphatic rings. The van der Waals surface area contributed by atoms with E-state index in [9.17, 15) is 14.4 Å². The third-order valence-electron chi connectivity index (χ3n) is 4.44. The Kier molecular flexibility index (Phi) is 6.44. The summed E-state index contributed by atoms with van der Waals surface area (Å²) < 4.78 is 6.32. The number of hydrogen-bond donors (Lipinski definition) is 0. The second kappa shape index (κ2) is 8.56. The van der Waals surface area contributed by atoms with Crippen LogP contribution in [0.2, 0.25) is 0 Å². The second-order valence-electron chi connectivity index (χ2n) is 6.74. The van der Waals surface area contributed by atoms with Crippen molar-refractivity contribution in [2.45, 2.75) is 40.0 Å². The largest absolute Gasteiger partial charge is 0.461 e. The first-order chi connectivity index (χ1) is 12.4. The smallest absolute Gasteiger partial charge is 0.355 e. The minimum Gasteiger partial charge on any atom is -0.461 e. The van der Waals surface area contributed by atoms with Crippen molar-refractivity contribution in [3.05, 3.63) is 54.1 Å². The van der Waals surface area contributed by atoms with Crippen LogP contribution in [0.1, 0.15) is 54.5 Å². The van der Waals surface area contributed by atoms with Crippen molar-refractivity contribution in [3.63, 3.8) is 0 Å². The number of carbonyl (C=O) groups is 3. The van der Waals surface area contributed by atoms with E-state index in [0.29, 0.717) is 12.8 Å². The number of ketones is 1. The summed E-state index contributed by atoms with van der Waals surface area (Å²) >= 11 is 0. The Morgan fingerprint density at radius 3 is 2.62 bits per heavy atom. The van der Waals surface area contributed by atoms with Gasteiger partial charge in [0.2, 0.25) is 5.78 Å². The molecule has 0 radical (unpaired) electrons. The lowest BCUT2D eigenvalue weighted by molar-refractivity contribution is -0.123. The van der Waals surface area contributed by atoms with Gasteiger partial charge in [-0.1, -0.05) is 26.8 Å². The van der Waals surface area contributed by atoms with E-state index >= 15 is 0 Å². The van der Waals surface area contributed by atoms with Gasteiger partial charge >= 0.3 is 5.97 Å². The average Bonchev–Trinajstić information content (AvgIpc) is 3.14. The Balaban J connectivity index is 1.95. The van der Waals surface area contributed by atoms with Gasteiger partial charge < -0.3 is 4.74 Å². The standard InChI is InChI=1S/C20H24N2O4/c1-4-20(2,3)17(23)18(24)22-12-6-10-16(22)19(25)26-13-7-9-15-8-5-11-21-14-15/h5-6,8,10-12,14H,4,7,9,13H2,1-3H3. The molecule has 138 valence electrons. The minimum atomic E-state index is -0.772. The van der Waals surface area contributed by atoms with Crippen LogP contribution in [0.15, 0.2) is 42.9 Å². The molecule has 0 N–H and O–H groups in total. The number of aromatic nitrogens is 2. The van der Waals surface area contributed by atoms with Gasteiger partial charge in [0.25, 0.3) is 5.91 Å². The molecule has 26 heavy (non-hydrogen) atoms. The summed E-state index contributed by atoms with van der Waals surface area (Å²) in [6.45, 7) is 5.50. The molecule has 6 nitrogen and oxygen atoms in total. The van der Waals surface area contributed by atoms with Gasteiger partial charge in [0, 0.05) is 24.0 Å². The number of hydrogen-bond acceptors (Lipinski definition) is 5. The second-order valence-corrected chi connectivity index (χ2v) is 6.74. The Morgan fingerprint density at radius 2 is 1.96 bits per heavy atom. The number of aryl methyl sites for hydroxylation is 1. The maximum absolute atomic E-state index is 12.5. The van der Waals surface area contributed by atoms with Crippen molar-refractivity contribution in [1.29, 1.82) is 0 Å². The number of pyridine rings is 1. The first-order valence-electron chi connectivity index (χ1n) is 8.69. The van der Waals surface area contributed by atoms with E-state index in [2.05, 4.69) is 4.98 Å². The molecule has 0 fully saturated rings. The molecule has 0 aliphatic carbocycles. The lowest BCUT2D eigenvalue weighted by Gasteiger charge is -2.20. The fourth-order valence-electron chi connectivity index (χ4n) is 2.34. The zero-order chi connectivity index (χ0) is 19.2. The Hall–Kier alpha value is -2.76. The zero-order valence-electron chi connectivity index (χ0n) is 15.4. The van der Waals surface area contributed by atoms with Crippen LogP contribution in [0.5, 0.6) is 0 Å². The molecule has 6 heteroatoms. The van der Waals surface area contributed by atoms with Gasteiger partial charge in [0.15, 0.2) is 0 Å². The molecule has 0 aliphatic heterocycles. The third kappa shape index (κ3) is 4.65. The van der Waals surface area contributed by atoms with Gasteiger partial charge in [-0.2, -0.15) is 0 Å². The van der Waals surface area contributed by atoms with E-state index in [-0.39, 0.29) is 12.3 Å². The normalized spacial score (nSPS) is 11.2. The summed E-state index contributed by atoms with van der Waals surface area (Å²) in [6.07, 6.45) is 6.81. The molecule has 0 aromatic carbocycles. The van der Waals surface area contributed by atoms with Crippen molar-refractivity contribution in [2.24, 2.45) is 5.41 Å². The molecule has 2 heterocycles. The zero-order valence-corrected chi connectivity index (χ0v) is 15.4. The molecule has 0 saturated heterocycles. The summed E-state index contributed by atoms with van der Waals surface area (Å²) in [5.74, 6) is -1.86. The molecular weight excluding hydrogens is 332 g/mol. The van der Waals surface area contributed by atoms with Gasteiger partial charge in [-0.05, 0) is 43.0 Å². The molecule has 2 aromatic rings. The number of Topliss-reactive ketones (excluding diaryl/α,β-unsaturated/α-hetero) is 1. The van der Waals surface area contributed by atoms with Crippen molar-refractivity contribution in [3.8, 4) is 0 Å². The van der Waals surface area contributed by atoms with Gasteiger partial charge in [0.05, 0.1) is 6.61 Å². The Bertz CT molecular complexity index is 778. The molecule has 2 aromatic heterocycles. The molecular formula is C20H24N2O4. The number of nitrogens with zero attached hydrogens (tertiary/aromatic N) is 2. The Labute approximate surface area is 153 Å². The highest BCUT2D eigenvalue weighted by Crippen LogP contribution is 2.22. The highest BCUT2D eigenvalue weighted by molar-refractivity contribution is 6.39. The highest BCUT2D eigenvalue weighted by Gasteiger charge is 2.33. The molecule has 0 bridgehead atoms. The van der Waals surface area contributed by atoms with Crippen molar-refractivity contribution in [2.75, 3.05) is 6.61 Å². The lowest BCUT2D eigenvalue weighted by Crippen LogP contribution is -2.35. The minimum absolute atomic E-state index is 0.0663. The summed E-state index contributed by atoms with van der Waals surface area (Å²) in [5, 5.41) is 0. The summed E-state index contributed by atoms with van der Waals surface area (Å²) in [5.41, 5.74) is 0.359. The monoisotopic (exact) mass is 356 g/mol. The molecule has 0 spiro atoms. The highest BCUT2D eigenvalue weighted by atomic mass is 16.5. The fraction of sp³-hybridized carbons (Fsp3) is 0.400. The topological polar surface area (TPSA) is 78.3 Å². The van der Waals surface area contributed by atoms with Gasteiger partial charge in [-0.25, -0.2) is 4.79 Å². The van der Waals surface area contributed by atoms with Crippen LogP contribution in [0.3, 0.4) is 0 Å². The van der Waals surface area contributed by atoms with Crippen LogP contribution in [-0.4, -0.2) is 33.8 Å². The predicted molar refractivity (Wildman–Crippen MR) is 97.0 cm³/mol. The number of esters is 1. The van der Waals surface area contributed by atoms with Crippen LogP contribution in [0, 0.1) is 5.41 Å². The van der Waals surface area contributed by atoms with Gasteiger partial charge in [-0.15, -0.1) is 0 Å². The van der Waals surface area contributed by atoms with E-state index in [1.54, 1.807) is 32.3 Å². The van der Waals surface area contributed by atoms with Crippen molar-refractivity contribution in [1.82, 2.24) is 9.55 Å². The molecule has 0 saturated carbocycles. The van der Waals surface area contributed by atoms with E-state index in [0.717, 1.165) is 16.6 Å². The SMILES string of the molecule is CCC(C)(C)C(=O)C(=O)n1cccc1C(=O)OCCCc1cccnc1. The van der Waals surface area contributed by atoms with Crippen LogP contribution >= 0.6 is 0 Å². The maximum Gasteiger partial charge on any atom is 0.355 e. The third-order valence-corrected chi connectivity index (χ3v) is 4.44. The summed E-state index contributed by atoms with van der Waals surface area (Å²) in [6, 6.07) is 6.85. The lowest BCUT2D eigenvalue weighted by atomic mass is 9.85. The molecule has 0 atom stereocenters.